The van der Waals surface area contributed by atoms with E-state index < -0.39 is 43.6 Å². The number of halogens is 2. The van der Waals surface area contributed by atoms with Gasteiger partial charge in [-0.25, -0.2) is 0 Å². The van der Waals surface area contributed by atoms with Crippen LogP contribution in [0.5, 0.6) is 0 Å². The Kier molecular flexibility index (Phi) is 7.47. The highest BCUT2D eigenvalue weighted by molar-refractivity contribution is 9.10. The average molecular weight is 580 g/mol. The Labute approximate surface area is 220 Å². The van der Waals surface area contributed by atoms with E-state index in [1.54, 1.807) is 30.1 Å². The van der Waals surface area contributed by atoms with Gasteiger partial charge in [-0.2, -0.15) is 0 Å². The summed E-state index contributed by atoms with van der Waals surface area (Å²) in [6.07, 6.45) is -1.40. The molecule has 2 aliphatic rings. The topological polar surface area (TPSA) is 99.1 Å². The largest absolute Gasteiger partial charge is 0.396 e. The number of hydrogen-bond acceptors (Lipinski definition) is 5. The Morgan fingerprint density at radius 3 is 2.53 bits per heavy atom. The first kappa shape index (κ1) is 26.9. The Morgan fingerprint density at radius 1 is 1.28 bits per heavy atom. The van der Waals surface area contributed by atoms with E-state index in [0.29, 0.717) is 16.9 Å². The number of aliphatic hydroxyl groups is 2. The Balaban J connectivity index is 1.69. The van der Waals surface area contributed by atoms with Crippen molar-refractivity contribution in [1.29, 1.82) is 0 Å². The monoisotopic (exact) mass is 578 g/mol. The molecule has 2 aromatic rings. The highest BCUT2D eigenvalue weighted by Gasteiger charge is 2.66. The van der Waals surface area contributed by atoms with Gasteiger partial charge in [-0.15, -0.1) is 0 Å². The second-order valence-corrected chi connectivity index (χ2v) is 14.9. The van der Waals surface area contributed by atoms with Crippen molar-refractivity contribution in [3.05, 3.63) is 58.1 Å². The van der Waals surface area contributed by atoms with Gasteiger partial charge < -0.3 is 29.3 Å². The molecule has 4 rings (SSSR count). The van der Waals surface area contributed by atoms with Gasteiger partial charge in [0, 0.05) is 33.8 Å². The van der Waals surface area contributed by atoms with Gasteiger partial charge in [0.15, 0.2) is 5.60 Å². The average Bonchev–Trinajstić information content (AvgIpc) is 3.22. The molecular formula is C26H32BrFN2O5Si. The van der Waals surface area contributed by atoms with Gasteiger partial charge in [-0.05, 0) is 62.3 Å². The number of hydrogen-bond donors (Lipinski definition) is 3. The summed E-state index contributed by atoms with van der Waals surface area (Å²) in [6.45, 7) is 6.68. The second kappa shape index (κ2) is 9.98. The predicted molar refractivity (Wildman–Crippen MR) is 142 cm³/mol. The summed E-state index contributed by atoms with van der Waals surface area (Å²) in [4.78, 5) is 27.6. The van der Waals surface area contributed by atoms with Crippen molar-refractivity contribution in [2.75, 3.05) is 16.8 Å². The van der Waals surface area contributed by atoms with E-state index in [4.69, 9.17) is 4.74 Å². The van der Waals surface area contributed by atoms with Crippen LogP contribution in [-0.4, -0.2) is 49.2 Å². The fourth-order valence-corrected chi connectivity index (χ4v) is 8.60. The first-order chi connectivity index (χ1) is 16.9. The van der Waals surface area contributed by atoms with Gasteiger partial charge in [0.1, 0.15) is 6.10 Å². The van der Waals surface area contributed by atoms with Gasteiger partial charge in [0.2, 0.25) is 8.41 Å². The molecule has 1 fully saturated rings. The number of rotatable bonds is 7. The standard InChI is InChI=1S/C26H32BrFN2O5Si/c1-15-23(36(3,4)28)22(11-12-31)35-26(15)20-13-18(27)7-10-21(20)30(25(26)34)14-17-5-8-19(9-6-17)29-24(33)16(2)32/h5-10,13,15-16,22-23,31-32H,11-12,14H2,1-4H3,(H,29,33)/t15-,16-,22+,23-,26+/m0/s1. The van der Waals surface area contributed by atoms with Crippen molar-refractivity contribution < 1.29 is 28.6 Å². The predicted octanol–water partition coefficient (Wildman–Crippen LogP) is 4.47. The maximum absolute atomic E-state index is 15.6. The molecule has 0 aromatic heterocycles. The molecule has 0 radical (unpaired) electrons. The molecule has 0 bridgehead atoms. The molecule has 1 spiro atoms. The van der Waals surface area contributed by atoms with Crippen LogP contribution in [0.4, 0.5) is 15.5 Å². The molecule has 0 aliphatic carbocycles. The zero-order valence-electron chi connectivity index (χ0n) is 20.8. The van der Waals surface area contributed by atoms with Crippen LogP contribution in [0.25, 0.3) is 0 Å². The van der Waals surface area contributed by atoms with Crippen molar-refractivity contribution in [3.63, 3.8) is 0 Å². The van der Waals surface area contributed by atoms with Crippen molar-refractivity contribution in [3.8, 4) is 0 Å². The lowest BCUT2D eigenvalue weighted by atomic mass is 9.82. The van der Waals surface area contributed by atoms with Crippen LogP contribution in [0.3, 0.4) is 0 Å². The summed E-state index contributed by atoms with van der Waals surface area (Å²) in [7, 11) is -3.24. The lowest BCUT2D eigenvalue weighted by Crippen LogP contribution is -2.45. The maximum atomic E-state index is 15.6. The van der Waals surface area contributed by atoms with Gasteiger partial charge in [-0.1, -0.05) is 35.0 Å². The first-order valence-electron chi connectivity index (χ1n) is 12.1. The number of amides is 2. The molecule has 194 valence electrons. The third kappa shape index (κ3) is 4.65. The lowest BCUT2D eigenvalue weighted by Gasteiger charge is -2.31. The summed E-state index contributed by atoms with van der Waals surface area (Å²) in [5.74, 6) is -1.15. The Bertz CT molecular complexity index is 1160. The molecular weight excluding hydrogens is 547 g/mol. The molecule has 1 saturated heterocycles. The highest BCUT2D eigenvalue weighted by atomic mass is 79.9. The van der Waals surface area contributed by atoms with Crippen LogP contribution in [-0.2, 0) is 26.5 Å². The van der Waals surface area contributed by atoms with E-state index in [-0.39, 0.29) is 25.5 Å². The van der Waals surface area contributed by atoms with Crippen molar-refractivity contribution in [1.82, 2.24) is 0 Å². The molecule has 3 N–H and O–H groups in total. The van der Waals surface area contributed by atoms with Gasteiger partial charge in [-0.3, -0.25) is 9.59 Å². The SMILES string of the molecule is C[C@H](O)C(=O)Nc1ccc(CN2C(=O)[C@]3(O[C@H](CCO)[C@@H]([Si](C)(C)F)[C@@H]3C)c3cc(Br)ccc32)cc1. The molecule has 2 aromatic carbocycles. The minimum absolute atomic E-state index is 0.143. The van der Waals surface area contributed by atoms with E-state index in [9.17, 15) is 19.8 Å². The van der Waals surface area contributed by atoms with Gasteiger partial charge in [0.25, 0.3) is 11.8 Å². The van der Waals surface area contributed by atoms with Crippen LogP contribution in [0.15, 0.2) is 46.9 Å². The number of fused-ring (bicyclic) bond motifs is 2. The number of anilines is 2. The smallest absolute Gasteiger partial charge is 0.264 e. The molecule has 7 nitrogen and oxygen atoms in total. The third-order valence-electron chi connectivity index (χ3n) is 7.28. The highest BCUT2D eigenvalue weighted by Crippen LogP contribution is 2.60. The minimum atomic E-state index is -3.24. The van der Waals surface area contributed by atoms with Gasteiger partial charge >= 0.3 is 0 Å². The van der Waals surface area contributed by atoms with Gasteiger partial charge in [0.05, 0.1) is 18.3 Å². The van der Waals surface area contributed by atoms with Crippen molar-refractivity contribution >= 4 is 47.5 Å². The number of nitrogens with zero attached hydrogens (tertiary/aromatic N) is 1. The summed E-state index contributed by atoms with van der Waals surface area (Å²) >= 11 is 3.52. The van der Waals surface area contributed by atoms with Crippen LogP contribution in [0.2, 0.25) is 18.6 Å². The van der Waals surface area contributed by atoms with Crippen molar-refractivity contribution in [2.24, 2.45) is 5.92 Å². The molecule has 0 saturated carbocycles. The Hall–Kier alpha value is -2.11. The Morgan fingerprint density at radius 2 is 1.94 bits per heavy atom. The number of aliphatic hydroxyl groups excluding tert-OH is 2. The fourth-order valence-electron chi connectivity index (χ4n) is 5.70. The van der Waals surface area contributed by atoms with E-state index in [0.717, 1.165) is 10.0 Å². The summed E-state index contributed by atoms with van der Waals surface area (Å²) in [5, 5.41) is 21.7. The van der Waals surface area contributed by atoms with Crippen LogP contribution >= 0.6 is 15.9 Å². The van der Waals surface area contributed by atoms with Crippen LogP contribution < -0.4 is 10.2 Å². The molecule has 2 aliphatic heterocycles. The fraction of sp³-hybridized carbons (Fsp3) is 0.462. The maximum Gasteiger partial charge on any atom is 0.264 e. The quantitative estimate of drug-likeness (QED) is 0.332. The zero-order valence-corrected chi connectivity index (χ0v) is 23.4. The molecule has 2 amide bonds. The molecule has 10 heteroatoms. The van der Waals surface area contributed by atoms with Crippen molar-refractivity contribution in [2.45, 2.75) is 63.3 Å². The lowest BCUT2D eigenvalue weighted by molar-refractivity contribution is -0.146. The van der Waals surface area contributed by atoms with Crippen LogP contribution in [0, 0.1) is 5.92 Å². The number of carbonyl (C=O) groups is 2. The second-order valence-electron chi connectivity index (χ2n) is 10.2. The number of nitrogens with one attached hydrogen (secondary N) is 1. The van der Waals surface area contributed by atoms with Crippen LogP contribution in [0.1, 0.15) is 31.4 Å². The summed E-state index contributed by atoms with van der Waals surface area (Å²) in [6, 6.07) is 12.7. The number of carbonyl (C=O) groups excluding carboxylic acids is 2. The zero-order chi connectivity index (χ0) is 26.4. The first-order valence-corrected chi connectivity index (χ1v) is 15.8. The molecule has 5 atom stereocenters. The molecule has 2 heterocycles. The van der Waals surface area contributed by atoms with E-state index in [2.05, 4.69) is 21.2 Å². The van der Waals surface area contributed by atoms with E-state index in [1.165, 1.54) is 6.92 Å². The number of benzene rings is 2. The summed E-state index contributed by atoms with van der Waals surface area (Å²) in [5.41, 5.74) is 1.01. The normalized spacial score (nSPS) is 26.4. The molecule has 0 unspecified atom stereocenters. The van der Waals surface area contributed by atoms with E-state index >= 15 is 4.11 Å². The third-order valence-corrected chi connectivity index (χ3v) is 10.2. The summed E-state index contributed by atoms with van der Waals surface area (Å²) < 4.78 is 22.9. The minimum Gasteiger partial charge on any atom is -0.396 e. The van der Waals surface area contributed by atoms with E-state index in [1.807, 2.05) is 37.3 Å². The number of ether oxygens (including phenoxy) is 1. The molecule has 36 heavy (non-hydrogen) atoms.